The van der Waals surface area contributed by atoms with Crippen molar-refractivity contribution in [3.05, 3.63) is 0 Å². The fourth-order valence-electron chi connectivity index (χ4n) is 2.30. The fraction of sp³-hybridized carbons (Fsp3) is 0.900. The van der Waals surface area contributed by atoms with Crippen molar-refractivity contribution in [2.24, 2.45) is 4.99 Å². The zero-order chi connectivity index (χ0) is 10.3. The third kappa shape index (κ3) is 1.30. The van der Waals surface area contributed by atoms with Gasteiger partial charge in [-0.25, -0.2) is 0 Å². The maximum atomic E-state index is 10.1. The number of hydrogen-bond acceptors (Lipinski definition) is 3. The molecule has 1 aliphatic rings. The lowest BCUT2D eigenvalue weighted by Crippen LogP contribution is -2.52. The molecule has 0 spiro atoms. The average molecular weight is 184 g/mol. The van der Waals surface area contributed by atoms with Crippen molar-refractivity contribution in [2.45, 2.75) is 58.7 Å². The van der Waals surface area contributed by atoms with Crippen molar-refractivity contribution < 1.29 is 5.21 Å². The van der Waals surface area contributed by atoms with E-state index in [1.54, 1.807) is 0 Å². The summed E-state index contributed by atoms with van der Waals surface area (Å²) in [4.78, 5) is 4.49. The van der Waals surface area contributed by atoms with Gasteiger partial charge in [-0.2, -0.15) is 5.06 Å². The van der Waals surface area contributed by atoms with Crippen LogP contribution < -0.4 is 0 Å². The SMILES string of the molecule is CCC1(CC)C(C)=NC(C)(C)N1O. The molecule has 0 saturated carbocycles. The largest absolute Gasteiger partial charge is 0.311 e. The van der Waals surface area contributed by atoms with E-state index in [4.69, 9.17) is 0 Å². The highest BCUT2D eigenvalue weighted by molar-refractivity contribution is 5.93. The van der Waals surface area contributed by atoms with Gasteiger partial charge in [-0.05, 0) is 33.6 Å². The Morgan fingerprint density at radius 2 is 1.77 bits per heavy atom. The van der Waals surface area contributed by atoms with Crippen molar-refractivity contribution in [2.75, 3.05) is 0 Å². The topological polar surface area (TPSA) is 35.8 Å². The number of hydroxylamine groups is 2. The van der Waals surface area contributed by atoms with Gasteiger partial charge < -0.3 is 5.21 Å². The first kappa shape index (κ1) is 10.7. The van der Waals surface area contributed by atoms with E-state index < -0.39 is 5.66 Å². The van der Waals surface area contributed by atoms with Crippen LogP contribution in [0, 0.1) is 0 Å². The third-order valence-corrected chi connectivity index (χ3v) is 3.21. The van der Waals surface area contributed by atoms with Crippen LogP contribution in [-0.2, 0) is 0 Å². The highest BCUT2D eigenvalue weighted by Crippen LogP contribution is 2.37. The molecule has 1 rings (SSSR count). The third-order valence-electron chi connectivity index (χ3n) is 3.21. The molecule has 0 amide bonds. The van der Waals surface area contributed by atoms with Crippen molar-refractivity contribution in [1.29, 1.82) is 0 Å². The van der Waals surface area contributed by atoms with Crippen LogP contribution in [0.1, 0.15) is 47.5 Å². The van der Waals surface area contributed by atoms with Crippen molar-refractivity contribution in [3.63, 3.8) is 0 Å². The van der Waals surface area contributed by atoms with Gasteiger partial charge in [0.1, 0.15) is 5.66 Å². The summed E-state index contributed by atoms with van der Waals surface area (Å²) in [6, 6.07) is 0. The van der Waals surface area contributed by atoms with Gasteiger partial charge >= 0.3 is 0 Å². The number of nitrogens with zero attached hydrogens (tertiary/aromatic N) is 2. The molecule has 0 atom stereocenters. The molecule has 76 valence electrons. The molecule has 3 heteroatoms. The molecule has 0 aromatic heterocycles. The van der Waals surface area contributed by atoms with Crippen LogP contribution in [0.4, 0.5) is 0 Å². The molecular formula is C10H20N2O. The molecule has 0 unspecified atom stereocenters. The van der Waals surface area contributed by atoms with Crippen molar-refractivity contribution in [1.82, 2.24) is 5.06 Å². The van der Waals surface area contributed by atoms with E-state index in [9.17, 15) is 5.21 Å². The van der Waals surface area contributed by atoms with Gasteiger partial charge in [-0.15, -0.1) is 0 Å². The van der Waals surface area contributed by atoms with Gasteiger partial charge in [0, 0.05) is 5.71 Å². The Hall–Kier alpha value is -0.410. The van der Waals surface area contributed by atoms with Gasteiger partial charge in [0.25, 0.3) is 0 Å². The summed E-state index contributed by atoms with van der Waals surface area (Å²) in [7, 11) is 0. The Balaban J connectivity index is 3.09. The lowest BCUT2D eigenvalue weighted by Gasteiger charge is -2.38. The van der Waals surface area contributed by atoms with Crippen molar-refractivity contribution >= 4 is 5.71 Å². The Bertz CT molecular complexity index is 229. The fourth-order valence-corrected chi connectivity index (χ4v) is 2.30. The molecule has 0 radical (unpaired) electrons. The normalized spacial score (nSPS) is 26.2. The second-order valence-electron chi connectivity index (χ2n) is 4.24. The van der Waals surface area contributed by atoms with Crippen LogP contribution >= 0.6 is 0 Å². The highest BCUT2D eigenvalue weighted by Gasteiger charge is 2.49. The summed E-state index contributed by atoms with van der Waals surface area (Å²) in [5.74, 6) is 0. The summed E-state index contributed by atoms with van der Waals surface area (Å²) in [5.41, 5.74) is 0.351. The standard InChI is InChI=1S/C10H20N2O/c1-6-10(7-2)8(3)11-9(4,5)12(10)13/h13H,6-7H2,1-5H3. The molecule has 0 aromatic rings. The Kier molecular flexibility index (Phi) is 2.52. The maximum Gasteiger partial charge on any atom is 0.130 e. The molecule has 0 aliphatic carbocycles. The zero-order valence-corrected chi connectivity index (χ0v) is 9.26. The zero-order valence-electron chi connectivity index (χ0n) is 9.26. The van der Waals surface area contributed by atoms with E-state index in [-0.39, 0.29) is 5.54 Å². The molecule has 13 heavy (non-hydrogen) atoms. The van der Waals surface area contributed by atoms with Gasteiger partial charge in [-0.3, -0.25) is 4.99 Å². The number of rotatable bonds is 2. The first-order chi connectivity index (χ1) is 5.90. The molecular weight excluding hydrogens is 164 g/mol. The van der Waals surface area contributed by atoms with E-state index in [1.165, 1.54) is 5.06 Å². The predicted molar refractivity (Wildman–Crippen MR) is 54.1 cm³/mol. The van der Waals surface area contributed by atoms with Crippen LogP contribution in [0.2, 0.25) is 0 Å². The quantitative estimate of drug-likeness (QED) is 0.715. The van der Waals surface area contributed by atoms with E-state index in [0.717, 1.165) is 18.6 Å². The highest BCUT2D eigenvalue weighted by atomic mass is 16.5. The maximum absolute atomic E-state index is 10.1. The molecule has 1 aliphatic heterocycles. The summed E-state index contributed by atoms with van der Waals surface area (Å²) in [6.45, 7) is 10.1. The molecule has 3 nitrogen and oxygen atoms in total. The van der Waals surface area contributed by atoms with Crippen LogP contribution in [0.25, 0.3) is 0 Å². The molecule has 0 saturated heterocycles. The molecule has 0 aromatic carbocycles. The van der Waals surface area contributed by atoms with Crippen LogP contribution in [0.15, 0.2) is 4.99 Å². The summed E-state index contributed by atoms with van der Waals surface area (Å²) < 4.78 is 0. The minimum atomic E-state index is -0.462. The van der Waals surface area contributed by atoms with E-state index in [0.29, 0.717) is 0 Å². The van der Waals surface area contributed by atoms with Gasteiger partial charge in [0.15, 0.2) is 0 Å². The second-order valence-corrected chi connectivity index (χ2v) is 4.24. The molecule has 1 heterocycles. The first-order valence-electron chi connectivity index (χ1n) is 4.97. The van der Waals surface area contributed by atoms with Gasteiger partial charge in [0.2, 0.25) is 0 Å². The number of hydrogen-bond donors (Lipinski definition) is 1. The van der Waals surface area contributed by atoms with E-state index in [2.05, 4.69) is 18.8 Å². The first-order valence-corrected chi connectivity index (χ1v) is 4.97. The molecule has 0 bridgehead atoms. The minimum Gasteiger partial charge on any atom is -0.311 e. The van der Waals surface area contributed by atoms with Crippen LogP contribution in [-0.4, -0.2) is 27.2 Å². The number of aliphatic imine (C=N–C) groups is 1. The lowest BCUT2D eigenvalue weighted by atomic mass is 9.88. The smallest absolute Gasteiger partial charge is 0.130 e. The predicted octanol–water partition coefficient (Wildman–Crippen LogP) is 2.45. The Morgan fingerprint density at radius 3 is 1.92 bits per heavy atom. The summed E-state index contributed by atoms with van der Waals surface area (Å²) >= 11 is 0. The minimum absolute atomic E-state index is 0.233. The average Bonchev–Trinajstić information content (AvgIpc) is 2.22. The van der Waals surface area contributed by atoms with Gasteiger partial charge in [-0.1, -0.05) is 13.8 Å². The Labute approximate surface area is 80.4 Å². The van der Waals surface area contributed by atoms with Crippen molar-refractivity contribution in [3.8, 4) is 0 Å². The van der Waals surface area contributed by atoms with Gasteiger partial charge in [0.05, 0.1) is 5.54 Å². The summed E-state index contributed by atoms with van der Waals surface area (Å²) in [6.07, 6.45) is 1.80. The van der Waals surface area contributed by atoms with Crippen LogP contribution in [0.3, 0.4) is 0 Å². The monoisotopic (exact) mass is 184 g/mol. The van der Waals surface area contributed by atoms with E-state index in [1.807, 2.05) is 20.8 Å². The molecule has 1 N–H and O–H groups in total. The summed E-state index contributed by atoms with van der Waals surface area (Å²) in [5, 5.41) is 11.5. The second kappa shape index (κ2) is 3.07. The molecule has 0 fully saturated rings. The Morgan fingerprint density at radius 1 is 1.31 bits per heavy atom. The van der Waals surface area contributed by atoms with E-state index >= 15 is 0 Å². The lowest BCUT2D eigenvalue weighted by molar-refractivity contribution is -0.199. The van der Waals surface area contributed by atoms with Crippen LogP contribution in [0.5, 0.6) is 0 Å².